The standard InChI is InChI=1S/C9H19NS2.Cu/c1-3-5-7-10-9(11)12-8-6-4-2;/h3-8H2,1-2H3,(H,10,11);. The zero-order valence-corrected chi connectivity index (χ0v) is 10.9. The van der Waals surface area contributed by atoms with Gasteiger partial charge in [-0.2, -0.15) is 0 Å². The SMILES string of the molecule is CCCCNC(=S)SCCCC.[Cu]. The monoisotopic (exact) mass is 268 g/mol. The van der Waals surface area contributed by atoms with Gasteiger partial charge in [0, 0.05) is 29.4 Å². The molecule has 1 N–H and O–H groups in total. The number of thioether (sulfide) groups is 1. The summed E-state index contributed by atoms with van der Waals surface area (Å²) in [5, 5.41) is 3.24. The molecule has 4 heteroatoms. The molecular weight excluding hydrogens is 250 g/mol. The van der Waals surface area contributed by atoms with Gasteiger partial charge in [-0.3, -0.25) is 0 Å². The first-order valence-electron chi connectivity index (χ1n) is 4.71. The van der Waals surface area contributed by atoms with Gasteiger partial charge < -0.3 is 5.32 Å². The van der Waals surface area contributed by atoms with Gasteiger partial charge in [-0.25, -0.2) is 0 Å². The molecule has 83 valence electrons. The maximum Gasteiger partial charge on any atom is 0.133 e. The third-order valence-corrected chi connectivity index (χ3v) is 2.93. The quantitative estimate of drug-likeness (QED) is 0.451. The van der Waals surface area contributed by atoms with Crippen LogP contribution < -0.4 is 5.32 Å². The molecule has 13 heavy (non-hydrogen) atoms. The van der Waals surface area contributed by atoms with Crippen molar-refractivity contribution in [1.82, 2.24) is 5.32 Å². The topological polar surface area (TPSA) is 12.0 Å². The number of hydrogen-bond acceptors (Lipinski definition) is 2. The van der Waals surface area contributed by atoms with Crippen LogP contribution in [0.25, 0.3) is 0 Å². The minimum absolute atomic E-state index is 0. The Labute approximate surface area is 102 Å². The molecule has 1 nitrogen and oxygen atoms in total. The molecule has 0 unspecified atom stereocenters. The molecule has 0 aromatic rings. The van der Waals surface area contributed by atoms with E-state index in [0.717, 1.165) is 16.6 Å². The molecule has 0 amide bonds. The Balaban J connectivity index is 0. The Kier molecular flexibility index (Phi) is 15.9. The van der Waals surface area contributed by atoms with Gasteiger partial charge in [-0.1, -0.05) is 50.7 Å². The molecular formula is C9H19CuNS2. The van der Waals surface area contributed by atoms with Gasteiger partial charge in [0.2, 0.25) is 0 Å². The summed E-state index contributed by atoms with van der Waals surface area (Å²) < 4.78 is 0.969. The average molecular weight is 269 g/mol. The van der Waals surface area contributed by atoms with Crippen LogP contribution in [0.5, 0.6) is 0 Å². The number of rotatable bonds is 6. The Morgan fingerprint density at radius 2 is 1.85 bits per heavy atom. The first-order valence-corrected chi connectivity index (χ1v) is 6.11. The largest absolute Gasteiger partial charge is 0.371 e. The predicted octanol–water partition coefficient (Wildman–Crippen LogP) is 3.19. The first kappa shape index (κ1) is 16.2. The molecule has 0 saturated heterocycles. The van der Waals surface area contributed by atoms with E-state index in [1.54, 1.807) is 11.8 Å². The van der Waals surface area contributed by atoms with Crippen LogP contribution in [0.1, 0.15) is 39.5 Å². The third-order valence-electron chi connectivity index (χ3n) is 1.53. The van der Waals surface area contributed by atoms with E-state index < -0.39 is 0 Å². The number of nitrogens with one attached hydrogen (secondary N) is 1. The van der Waals surface area contributed by atoms with Crippen LogP contribution in [0.3, 0.4) is 0 Å². The van der Waals surface area contributed by atoms with Crippen molar-refractivity contribution >= 4 is 28.3 Å². The zero-order chi connectivity index (χ0) is 9.23. The fourth-order valence-electron chi connectivity index (χ4n) is 0.727. The maximum absolute atomic E-state index is 5.13. The van der Waals surface area contributed by atoms with Crippen molar-refractivity contribution in [3.8, 4) is 0 Å². The van der Waals surface area contributed by atoms with Gasteiger partial charge in [0.05, 0.1) is 0 Å². The molecule has 0 atom stereocenters. The molecule has 0 saturated carbocycles. The van der Waals surface area contributed by atoms with E-state index in [1.165, 1.54) is 25.7 Å². The smallest absolute Gasteiger partial charge is 0.133 e. The fourth-order valence-corrected chi connectivity index (χ4v) is 1.90. The van der Waals surface area contributed by atoms with Crippen molar-refractivity contribution in [2.45, 2.75) is 39.5 Å². The van der Waals surface area contributed by atoms with Gasteiger partial charge in [-0.05, 0) is 12.8 Å². The number of hydrogen-bond donors (Lipinski definition) is 1. The molecule has 0 heterocycles. The Morgan fingerprint density at radius 3 is 2.38 bits per heavy atom. The van der Waals surface area contributed by atoms with E-state index >= 15 is 0 Å². The molecule has 0 bridgehead atoms. The van der Waals surface area contributed by atoms with Crippen LogP contribution in [-0.2, 0) is 17.1 Å². The van der Waals surface area contributed by atoms with E-state index in [0.29, 0.717) is 0 Å². The van der Waals surface area contributed by atoms with Crippen molar-refractivity contribution in [3.05, 3.63) is 0 Å². The molecule has 0 aliphatic carbocycles. The average Bonchev–Trinajstić information content (AvgIpc) is 2.06. The normalized spacial score (nSPS) is 9.08. The van der Waals surface area contributed by atoms with Crippen molar-refractivity contribution in [2.24, 2.45) is 0 Å². The Morgan fingerprint density at radius 1 is 1.23 bits per heavy atom. The molecule has 0 fully saturated rings. The Bertz CT molecular complexity index is 108. The van der Waals surface area contributed by atoms with Gasteiger partial charge in [-0.15, -0.1) is 0 Å². The van der Waals surface area contributed by atoms with E-state index in [4.69, 9.17) is 12.2 Å². The summed E-state index contributed by atoms with van der Waals surface area (Å²) in [6.45, 7) is 5.43. The summed E-state index contributed by atoms with van der Waals surface area (Å²) >= 11 is 6.90. The molecule has 0 aromatic carbocycles. The molecule has 0 rings (SSSR count). The van der Waals surface area contributed by atoms with Gasteiger partial charge in [0.15, 0.2) is 0 Å². The number of thiocarbonyl (C=S) groups is 1. The summed E-state index contributed by atoms with van der Waals surface area (Å²) in [6, 6.07) is 0. The minimum Gasteiger partial charge on any atom is -0.371 e. The van der Waals surface area contributed by atoms with Crippen LogP contribution in [-0.4, -0.2) is 16.6 Å². The van der Waals surface area contributed by atoms with Crippen LogP contribution >= 0.6 is 24.0 Å². The molecule has 0 aliphatic rings. The van der Waals surface area contributed by atoms with Crippen LogP contribution in [0, 0.1) is 0 Å². The summed E-state index contributed by atoms with van der Waals surface area (Å²) in [5.41, 5.74) is 0. The van der Waals surface area contributed by atoms with Crippen LogP contribution in [0.2, 0.25) is 0 Å². The molecule has 1 radical (unpaired) electrons. The third kappa shape index (κ3) is 12.8. The number of unbranched alkanes of at least 4 members (excludes halogenated alkanes) is 2. The van der Waals surface area contributed by atoms with E-state index in [9.17, 15) is 0 Å². The molecule has 0 aromatic heterocycles. The van der Waals surface area contributed by atoms with Crippen LogP contribution in [0.4, 0.5) is 0 Å². The van der Waals surface area contributed by atoms with Gasteiger partial charge in [0.25, 0.3) is 0 Å². The zero-order valence-electron chi connectivity index (χ0n) is 8.36. The van der Waals surface area contributed by atoms with Crippen molar-refractivity contribution in [2.75, 3.05) is 12.3 Å². The Hall–Kier alpha value is 0.759. The summed E-state index contributed by atoms with van der Waals surface area (Å²) in [7, 11) is 0. The fraction of sp³-hybridized carbons (Fsp3) is 0.889. The molecule has 0 aliphatic heterocycles. The van der Waals surface area contributed by atoms with E-state index in [-0.39, 0.29) is 17.1 Å². The first-order chi connectivity index (χ1) is 5.81. The van der Waals surface area contributed by atoms with Gasteiger partial charge >= 0.3 is 0 Å². The van der Waals surface area contributed by atoms with Crippen molar-refractivity contribution in [1.29, 1.82) is 0 Å². The minimum atomic E-state index is 0. The van der Waals surface area contributed by atoms with Gasteiger partial charge in [0.1, 0.15) is 4.32 Å². The molecule has 0 spiro atoms. The second kappa shape index (κ2) is 12.8. The predicted molar refractivity (Wildman–Crippen MR) is 62.9 cm³/mol. The van der Waals surface area contributed by atoms with Crippen molar-refractivity contribution < 1.29 is 17.1 Å². The maximum atomic E-state index is 5.13. The van der Waals surface area contributed by atoms with E-state index in [2.05, 4.69) is 19.2 Å². The van der Waals surface area contributed by atoms with Crippen LogP contribution in [0.15, 0.2) is 0 Å². The summed E-state index contributed by atoms with van der Waals surface area (Å²) in [6.07, 6.45) is 4.97. The second-order valence-electron chi connectivity index (χ2n) is 2.77. The summed E-state index contributed by atoms with van der Waals surface area (Å²) in [4.78, 5) is 0. The second-order valence-corrected chi connectivity index (χ2v) is 4.54. The summed E-state index contributed by atoms with van der Waals surface area (Å²) in [5.74, 6) is 1.16. The van der Waals surface area contributed by atoms with Crippen molar-refractivity contribution in [3.63, 3.8) is 0 Å². The van der Waals surface area contributed by atoms with E-state index in [1.807, 2.05) is 0 Å².